The Morgan fingerprint density at radius 1 is 1.22 bits per heavy atom. The summed E-state index contributed by atoms with van der Waals surface area (Å²) in [6.07, 6.45) is 2.21. The largest absolute Gasteiger partial charge is 0.354 e. The molecule has 1 N–H and O–H groups in total. The highest BCUT2D eigenvalue weighted by Crippen LogP contribution is 2.24. The fraction of sp³-hybridized carbons (Fsp3) is 0.389. The van der Waals surface area contributed by atoms with Gasteiger partial charge in [-0.2, -0.15) is 0 Å². The van der Waals surface area contributed by atoms with Crippen molar-refractivity contribution in [3.8, 4) is 0 Å². The molecule has 23 heavy (non-hydrogen) atoms. The topological polar surface area (TPSA) is 62.3 Å². The van der Waals surface area contributed by atoms with Crippen LogP contribution in [0.25, 0.3) is 10.9 Å². The van der Waals surface area contributed by atoms with E-state index in [-0.39, 0.29) is 11.8 Å². The summed E-state index contributed by atoms with van der Waals surface area (Å²) in [4.78, 5) is 29.8. The number of aromatic nitrogens is 1. The molecule has 0 fully saturated rings. The molecule has 0 aliphatic rings. The number of carbonyl (C=O) groups is 2. The molecule has 1 heterocycles. The zero-order valence-corrected chi connectivity index (χ0v) is 13.9. The normalized spacial score (nSPS) is 10.8. The molecule has 2 aromatic rings. The molecule has 0 saturated carbocycles. The predicted molar refractivity (Wildman–Crippen MR) is 92.2 cm³/mol. The number of hydrogen-bond donors (Lipinski definition) is 1. The van der Waals surface area contributed by atoms with Crippen LogP contribution in [0.3, 0.4) is 0 Å². The third-order valence-electron chi connectivity index (χ3n) is 3.53. The first kappa shape index (κ1) is 16.9. The molecule has 5 nitrogen and oxygen atoms in total. The van der Waals surface area contributed by atoms with E-state index < -0.39 is 0 Å². The van der Waals surface area contributed by atoms with Crippen LogP contribution >= 0.6 is 0 Å². The number of carbonyl (C=O) groups excluding carboxylic acids is 2. The molecule has 0 saturated heterocycles. The molecule has 0 aliphatic heterocycles. The first-order chi connectivity index (χ1) is 11.0. The van der Waals surface area contributed by atoms with Gasteiger partial charge in [-0.1, -0.05) is 32.0 Å². The minimum Gasteiger partial charge on any atom is -0.354 e. The highest BCUT2D eigenvalue weighted by Gasteiger charge is 2.15. The van der Waals surface area contributed by atoms with Gasteiger partial charge in [0.25, 0.3) is 0 Å². The number of pyridine rings is 1. The molecule has 0 spiro atoms. The lowest BCUT2D eigenvalue weighted by Crippen LogP contribution is -2.38. The first-order valence-electron chi connectivity index (χ1n) is 7.87. The van der Waals surface area contributed by atoms with Gasteiger partial charge in [0.2, 0.25) is 11.8 Å². The zero-order chi connectivity index (χ0) is 16.8. The maximum atomic E-state index is 12.0. The van der Waals surface area contributed by atoms with E-state index in [0.29, 0.717) is 25.4 Å². The van der Waals surface area contributed by atoms with Crippen molar-refractivity contribution < 1.29 is 9.59 Å². The number of amides is 2. The molecule has 122 valence electrons. The second kappa shape index (κ2) is 7.72. The Labute approximate surface area is 136 Å². The summed E-state index contributed by atoms with van der Waals surface area (Å²) in [7, 11) is 0. The lowest BCUT2D eigenvalue weighted by molar-refractivity contribution is -0.122. The second-order valence-electron chi connectivity index (χ2n) is 5.97. The van der Waals surface area contributed by atoms with Crippen molar-refractivity contribution in [2.75, 3.05) is 18.0 Å². The number of rotatable bonds is 6. The molecule has 0 radical (unpaired) electrons. The van der Waals surface area contributed by atoms with Crippen molar-refractivity contribution >= 4 is 28.4 Å². The second-order valence-corrected chi connectivity index (χ2v) is 5.97. The van der Waals surface area contributed by atoms with Crippen LogP contribution in [-0.2, 0) is 9.59 Å². The highest BCUT2D eigenvalue weighted by molar-refractivity contribution is 6.01. The minimum absolute atomic E-state index is 0.0135. The summed E-state index contributed by atoms with van der Waals surface area (Å²) in [6.45, 7) is 6.38. The van der Waals surface area contributed by atoms with Crippen LogP contribution in [0.1, 0.15) is 27.2 Å². The first-order valence-corrected chi connectivity index (χ1v) is 7.87. The van der Waals surface area contributed by atoms with Crippen molar-refractivity contribution in [1.29, 1.82) is 0 Å². The van der Waals surface area contributed by atoms with Crippen molar-refractivity contribution in [2.45, 2.75) is 27.2 Å². The average Bonchev–Trinajstić information content (AvgIpc) is 2.50. The summed E-state index contributed by atoms with van der Waals surface area (Å²) in [5.74, 6) is 0.266. The lowest BCUT2D eigenvalue weighted by Gasteiger charge is -2.22. The van der Waals surface area contributed by atoms with Crippen LogP contribution in [0.2, 0.25) is 0 Å². The summed E-state index contributed by atoms with van der Waals surface area (Å²) < 4.78 is 0. The Morgan fingerprint density at radius 2 is 1.96 bits per heavy atom. The molecule has 5 heteroatoms. The number of hydrogen-bond acceptors (Lipinski definition) is 3. The number of anilines is 1. The maximum absolute atomic E-state index is 12.0. The summed E-state index contributed by atoms with van der Waals surface area (Å²) in [5.41, 5.74) is 1.56. The van der Waals surface area contributed by atoms with Gasteiger partial charge in [-0.3, -0.25) is 14.6 Å². The molecule has 1 aromatic heterocycles. The molecule has 1 aromatic carbocycles. The van der Waals surface area contributed by atoms with E-state index >= 15 is 0 Å². The van der Waals surface area contributed by atoms with E-state index in [0.717, 1.165) is 16.6 Å². The molecule has 2 amide bonds. The van der Waals surface area contributed by atoms with Crippen molar-refractivity contribution in [2.24, 2.45) is 5.92 Å². The third-order valence-corrected chi connectivity index (χ3v) is 3.53. The van der Waals surface area contributed by atoms with E-state index in [9.17, 15) is 9.59 Å². The molecule has 0 unspecified atom stereocenters. The van der Waals surface area contributed by atoms with E-state index in [1.54, 1.807) is 11.1 Å². The van der Waals surface area contributed by atoms with Gasteiger partial charge in [0, 0.05) is 38.0 Å². The molecule has 2 rings (SSSR count). The van der Waals surface area contributed by atoms with Crippen LogP contribution in [0, 0.1) is 5.92 Å². The fourth-order valence-corrected chi connectivity index (χ4v) is 2.50. The standard InChI is InChI=1S/C18H23N3O2/c1-13(2)12-17(23)19-10-11-21(14(3)22)16-8-4-6-15-7-5-9-20-18(15)16/h4-9,13H,10-12H2,1-3H3,(H,19,23). The number of nitrogens with one attached hydrogen (secondary N) is 1. The highest BCUT2D eigenvalue weighted by atomic mass is 16.2. The van der Waals surface area contributed by atoms with E-state index in [1.807, 2.05) is 44.2 Å². The van der Waals surface area contributed by atoms with Crippen molar-refractivity contribution in [1.82, 2.24) is 10.3 Å². The van der Waals surface area contributed by atoms with Crippen LogP contribution in [0.15, 0.2) is 36.5 Å². The maximum Gasteiger partial charge on any atom is 0.223 e. The van der Waals surface area contributed by atoms with Crippen LogP contribution in [-0.4, -0.2) is 29.9 Å². The van der Waals surface area contributed by atoms with Gasteiger partial charge in [-0.25, -0.2) is 0 Å². The fourth-order valence-electron chi connectivity index (χ4n) is 2.50. The lowest BCUT2D eigenvalue weighted by atomic mass is 10.1. The van der Waals surface area contributed by atoms with Gasteiger partial charge in [-0.15, -0.1) is 0 Å². The summed E-state index contributed by atoms with van der Waals surface area (Å²) in [6, 6.07) is 9.60. The molecular weight excluding hydrogens is 290 g/mol. The molecular formula is C18H23N3O2. The van der Waals surface area contributed by atoms with Crippen LogP contribution in [0.5, 0.6) is 0 Å². The SMILES string of the molecule is CC(=O)N(CCNC(=O)CC(C)C)c1cccc2cccnc12. The smallest absolute Gasteiger partial charge is 0.223 e. The number of nitrogens with zero attached hydrogens (tertiary/aromatic N) is 2. The Balaban J connectivity index is 2.12. The number of para-hydroxylation sites is 1. The molecule has 0 atom stereocenters. The summed E-state index contributed by atoms with van der Waals surface area (Å²) in [5, 5.41) is 3.85. The Hall–Kier alpha value is -2.43. The quantitative estimate of drug-likeness (QED) is 0.892. The van der Waals surface area contributed by atoms with Gasteiger partial charge in [0.1, 0.15) is 0 Å². The minimum atomic E-state index is -0.0683. The van der Waals surface area contributed by atoms with E-state index in [1.165, 1.54) is 6.92 Å². The van der Waals surface area contributed by atoms with Gasteiger partial charge >= 0.3 is 0 Å². The van der Waals surface area contributed by atoms with E-state index in [4.69, 9.17) is 0 Å². The van der Waals surface area contributed by atoms with Crippen LogP contribution in [0.4, 0.5) is 5.69 Å². The monoisotopic (exact) mass is 313 g/mol. The Kier molecular flexibility index (Phi) is 5.68. The van der Waals surface area contributed by atoms with Crippen molar-refractivity contribution in [3.05, 3.63) is 36.5 Å². The predicted octanol–water partition coefficient (Wildman–Crippen LogP) is 2.75. The van der Waals surface area contributed by atoms with Crippen molar-refractivity contribution in [3.63, 3.8) is 0 Å². The number of benzene rings is 1. The number of fused-ring (bicyclic) bond motifs is 1. The Bertz CT molecular complexity index is 692. The third kappa shape index (κ3) is 4.52. The van der Waals surface area contributed by atoms with Gasteiger partial charge in [-0.05, 0) is 18.1 Å². The van der Waals surface area contributed by atoms with Crippen LogP contribution < -0.4 is 10.2 Å². The Morgan fingerprint density at radius 3 is 2.65 bits per heavy atom. The summed E-state index contributed by atoms with van der Waals surface area (Å²) >= 11 is 0. The molecule has 0 bridgehead atoms. The molecule has 0 aliphatic carbocycles. The average molecular weight is 313 g/mol. The van der Waals surface area contributed by atoms with E-state index in [2.05, 4.69) is 10.3 Å². The van der Waals surface area contributed by atoms with Gasteiger partial charge in [0.15, 0.2) is 0 Å². The van der Waals surface area contributed by atoms with Gasteiger partial charge in [0.05, 0.1) is 11.2 Å². The van der Waals surface area contributed by atoms with Gasteiger partial charge < -0.3 is 10.2 Å². The zero-order valence-electron chi connectivity index (χ0n) is 13.9.